The predicted octanol–water partition coefficient (Wildman–Crippen LogP) is 2.45. The normalized spacial score (nSPS) is 20.0. The molecule has 3 rings (SSSR count). The highest BCUT2D eigenvalue weighted by molar-refractivity contribution is 7.91. The third-order valence-corrected chi connectivity index (χ3v) is 7.29. The Kier molecular flexibility index (Phi) is 4.39. The molecule has 1 aliphatic heterocycles. The summed E-state index contributed by atoms with van der Waals surface area (Å²) in [5.74, 6) is -0.565. The molecule has 1 aromatic carbocycles. The fourth-order valence-corrected chi connectivity index (χ4v) is 6.05. The Labute approximate surface area is 144 Å². The maximum Gasteiger partial charge on any atom is 0.278 e. The van der Waals surface area contributed by atoms with Crippen LogP contribution in [0.25, 0.3) is 10.1 Å². The van der Waals surface area contributed by atoms with Gasteiger partial charge in [-0.2, -0.15) is 0 Å². The number of amides is 1. The van der Waals surface area contributed by atoms with Crippen LogP contribution >= 0.6 is 11.3 Å². The number of hydrogen-bond acceptors (Lipinski definition) is 5. The highest BCUT2D eigenvalue weighted by Gasteiger charge is 2.37. The second kappa shape index (κ2) is 6.09. The summed E-state index contributed by atoms with van der Waals surface area (Å²) >= 11 is 1.24. The van der Waals surface area contributed by atoms with Crippen molar-refractivity contribution in [1.29, 1.82) is 0 Å². The van der Waals surface area contributed by atoms with Crippen LogP contribution in [-0.4, -0.2) is 56.0 Å². The second-order valence-electron chi connectivity index (χ2n) is 6.22. The number of rotatable bonds is 3. The number of hydrogen-bond donors (Lipinski definition) is 0. The number of carbonyl (C=O) groups excluding carboxylic acids is 1. The first-order chi connectivity index (χ1) is 11.2. The van der Waals surface area contributed by atoms with E-state index in [0.29, 0.717) is 26.9 Å². The predicted molar refractivity (Wildman–Crippen MR) is 93.4 cm³/mol. The first-order valence-corrected chi connectivity index (χ1v) is 10.2. The molecule has 0 aliphatic carbocycles. The zero-order valence-electron chi connectivity index (χ0n) is 13.7. The molecule has 24 heavy (non-hydrogen) atoms. The van der Waals surface area contributed by atoms with Crippen molar-refractivity contribution in [2.24, 2.45) is 0 Å². The van der Waals surface area contributed by atoms with E-state index >= 15 is 0 Å². The van der Waals surface area contributed by atoms with Crippen LogP contribution in [0.1, 0.15) is 21.7 Å². The fourth-order valence-electron chi connectivity index (χ4n) is 3.20. The molecule has 5 nitrogen and oxygen atoms in total. The van der Waals surface area contributed by atoms with E-state index < -0.39 is 9.84 Å². The highest BCUT2D eigenvalue weighted by atomic mass is 32.2. The Morgan fingerprint density at radius 1 is 1.33 bits per heavy atom. The molecular formula is C16H19FN2O3S2. The largest absolute Gasteiger partial charge is 0.278 e. The van der Waals surface area contributed by atoms with Crippen LogP contribution in [0.3, 0.4) is 0 Å². The second-order valence-corrected chi connectivity index (χ2v) is 9.50. The van der Waals surface area contributed by atoms with Gasteiger partial charge in [0.05, 0.1) is 22.4 Å². The number of sulfone groups is 1. The molecule has 0 saturated carbocycles. The minimum atomic E-state index is -3.11. The van der Waals surface area contributed by atoms with Crippen molar-refractivity contribution >= 4 is 37.2 Å². The third-order valence-electron chi connectivity index (χ3n) is 4.29. The van der Waals surface area contributed by atoms with Crippen molar-refractivity contribution in [3.8, 4) is 0 Å². The minimum Gasteiger partial charge on any atom is -0.267 e. The lowest BCUT2D eigenvalue weighted by atomic mass is 10.1. The molecular weight excluding hydrogens is 351 g/mol. The van der Waals surface area contributed by atoms with Crippen LogP contribution in [0.4, 0.5) is 4.39 Å². The number of aryl methyl sites for hydroxylation is 1. The van der Waals surface area contributed by atoms with Gasteiger partial charge in [-0.25, -0.2) is 17.8 Å². The van der Waals surface area contributed by atoms with Gasteiger partial charge in [-0.15, -0.1) is 11.3 Å². The van der Waals surface area contributed by atoms with Gasteiger partial charge < -0.3 is 0 Å². The maximum atomic E-state index is 14.1. The van der Waals surface area contributed by atoms with Crippen LogP contribution in [-0.2, 0) is 9.84 Å². The summed E-state index contributed by atoms with van der Waals surface area (Å²) in [4.78, 5) is 13.5. The number of carbonyl (C=O) groups is 1. The number of thiophene rings is 1. The molecule has 1 saturated heterocycles. The summed E-state index contributed by atoms with van der Waals surface area (Å²) in [5.41, 5.74) is 0.603. The van der Waals surface area contributed by atoms with Crippen molar-refractivity contribution < 1.29 is 17.6 Å². The molecule has 1 amide bonds. The fraction of sp³-hybridized carbons (Fsp3) is 0.438. The van der Waals surface area contributed by atoms with E-state index in [0.717, 1.165) is 0 Å². The molecule has 8 heteroatoms. The molecule has 0 N–H and O–H groups in total. The molecule has 2 heterocycles. The van der Waals surface area contributed by atoms with Crippen molar-refractivity contribution in [2.45, 2.75) is 19.4 Å². The Hall–Kier alpha value is -1.51. The molecule has 1 aliphatic rings. The summed E-state index contributed by atoms with van der Waals surface area (Å²) in [6, 6.07) is 4.40. The molecule has 1 atom stereocenters. The van der Waals surface area contributed by atoms with E-state index in [9.17, 15) is 17.6 Å². The molecule has 0 spiro atoms. The van der Waals surface area contributed by atoms with Crippen molar-refractivity contribution in [3.05, 3.63) is 34.5 Å². The average molecular weight is 370 g/mol. The Bertz CT molecular complexity index is 905. The lowest BCUT2D eigenvalue weighted by Gasteiger charge is -2.33. The van der Waals surface area contributed by atoms with E-state index in [4.69, 9.17) is 0 Å². The summed E-state index contributed by atoms with van der Waals surface area (Å²) in [6.07, 6.45) is 0.421. The molecule has 1 fully saturated rings. The average Bonchev–Trinajstić information content (AvgIpc) is 3.00. The summed E-state index contributed by atoms with van der Waals surface area (Å²) in [5, 5.41) is 3.57. The van der Waals surface area contributed by atoms with Gasteiger partial charge in [0, 0.05) is 24.2 Å². The number of nitrogens with zero attached hydrogens (tertiary/aromatic N) is 2. The van der Waals surface area contributed by atoms with Gasteiger partial charge in [-0.05, 0) is 31.0 Å². The van der Waals surface area contributed by atoms with Gasteiger partial charge in [-0.3, -0.25) is 9.80 Å². The number of halogens is 1. The van der Waals surface area contributed by atoms with Crippen LogP contribution in [0.15, 0.2) is 18.2 Å². The van der Waals surface area contributed by atoms with E-state index in [2.05, 4.69) is 0 Å². The molecule has 2 aromatic rings. The maximum absolute atomic E-state index is 14.1. The van der Waals surface area contributed by atoms with Crippen LogP contribution < -0.4 is 0 Å². The number of hydrazine groups is 1. The van der Waals surface area contributed by atoms with Gasteiger partial charge >= 0.3 is 0 Å². The van der Waals surface area contributed by atoms with Gasteiger partial charge in [0.15, 0.2) is 9.84 Å². The van der Waals surface area contributed by atoms with E-state index in [1.807, 2.05) is 0 Å². The molecule has 0 bridgehead atoms. The summed E-state index contributed by atoms with van der Waals surface area (Å²) in [6.45, 7) is 1.73. The van der Waals surface area contributed by atoms with Crippen LogP contribution in [0, 0.1) is 12.7 Å². The number of fused-ring (bicyclic) bond motifs is 1. The minimum absolute atomic E-state index is 0.0325. The zero-order valence-corrected chi connectivity index (χ0v) is 15.4. The van der Waals surface area contributed by atoms with Crippen LogP contribution in [0.5, 0.6) is 0 Å². The standard InChI is InChI=1S/C16H19FN2O3S2/c1-10-14-12(17)5-4-6-13(14)23-15(10)16(20)19(18(2)3)11-7-8-24(21,22)9-11/h4-6,11H,7-9H2,1-3H3/t11-/m0/s1. The van der Waals surface area contributed by atoms with Crippen molar-refractivity contribution in [1.82, 2.24) is 10.0 Å². The Morgan fingerprint density at radius 3 is 2.58 bits per heavy atom. The quantitative estimate of drug-likeness (QED) is 0.779. The number of benzene rings is 1. The zero-order chi connectivity index (χ0) is 17.6. The highest BCUT2D eigenvalue weighted by Crippen LogP contribution is 2.34. The molecule has 0 unspecified atom stereocenters. The molecule has 0 radical (unpaired) electrons. The van der Waals surface area contributed by atoms with E-state index in [1.54, 1.807) is 38.2 Å². The van der Waals surface area contributed by atoms with Crippen LogP contribution in [0.2, 0.25) is 0 Å². The lowest BCUT2D eigenvalue weighted by Crippen LogP contribution is -2.49. The topological polar surface area (TPSA) is 57.7 Å². The summed E-state index contributed by atoms with van der Waals surface area (Å²) < 4.78 is 38.3. The van der Waals surface area contributed by atoms with E-state index in [-0.39, 0.29) is 29.3 Å². The van der Waals surface area contributed by atoms with Gasteiger partial charge in [-0.1, -0.05) is 6.07 Å². The molecule has 130 valence electrons. The van der Waals surface area contributed by atoms with Crippen molar-refractivity contribution in [2.75, 3.05) is 25.6 Å². The lowest BCUT2D eigenvalue weighted by molar-refractivity contribution is 0.00143. The van der Waals surface area contributed by atoms with E-state index in [1.165, 1.54) is 22.4 Å². The summed E-state index contributed by atoms with van der Waals surface area (Å²) in [7, 11) is 0.320. The van der Waals surface area contributed by atoms with Gasteiger partial charge in [0.1, 0.15) is 5.82 Å². The Morgan fingerprint density at radius 2 is 2.04 bits per heavy atom. The SMILES string of the molecule is Cc1c(C(=O)N([C@H]2CCS(=O)(=O)C2)N(C)C)sc2cccc(F)c12. The van der Waals surface area contributed by atoms with Crippen molar-refractivity contribution in [3.63, 3.8) is 0 Å². The monoisotopic (exact) mass is 370 g/mol. The molecule has 1 aromatic heterocycles. The van der Waals surface area contributed by atoms with Gasteiger partial charge in [0.2, 0.25) is 0 Å². The third kappa shape index (κ3) is 2.94. The Balaban J connectivity index is 2.03. The van der Waals surface area contributed by atoms with Gasteiger partial charge in [0.25, 0.3) is 5.91 Å². The first kappa shape index (κ1) is 17.3. The smallest absolute Gasteiger partial charge is 0.267 e. The first-order valence-electron chi connectivity index (χ1n) is 7.60.